The van der Waals surface area contributed by atoms with Crippen LogP contribution in [0.25, 0.3) is 0 Å². The lowest BCUT2D eigenvalue weighted by Gasteiger charge is -2.19. The Kier molecular flexibility index (Phi) is 2.89. The largest absolute Gasteiger partial charge is 0.496 e. The van der Waals surface area contributed by atoms with E-state index in [1.165, 1.54) is 0 Å². The van der Waals surface area contributed by atoms with Crippen molar-refractivity contribution in [1.29, 1.82) is 0 Å². The van der Waals surface area contributed by atoms with Gasteiger partial charge in [0.25, 0.3) is 0 Å². The third-order valence-electron chi connectivity index (χ3n) is 2.49. The summed E-state index contributed by atoms with van der Waals surface area (Å²) >= 11 is 0. The summed E-state index contributed by atoms with van der Waals surface area (Å²) in [5, 5.41) is 0. The molecule has 0 amide bonds. The summed E-state index contributed by atoms with van der Waals surface area (Å²) in [6.07, 6.45) is 2.97. The Morgan fingerprint density at radius 2 is 2.13 bits per heavy atom. The van der Waals surface area contributed by atoms with Gasteiger partial charge < -0.3 is 10.5 Å². The van der Waals surface area contributed by atoms with Crippen molar-refractivity contribution in [3.8, 4) is 0 Å². The molecule has 80 valence electrons. The molecule has 2 rings (SSSR count). The minimum Gasteiger partial charge on any atom is -0.496 e. The summed E-state index contributed by atoms with van der Waals surface area (Å²) in [5.74, 6) is 6.38. The highest BCUT2D eigenvalue weighted by atomic mass is 16.5. The van der Waals surface area contributed by atoms with Gasteiger partial charge in [0.1, 0.15) is 11.8 Å². The van der Waals surface area contributed by atoms with Gasteiger partial charge in [-0.25, -0.2) is 5.43 Å². The van der Waals surface area contributed by atoms with Gasteiger partial charge in [0.05, 0.1) is 6.61 Å². The molecule has 1 atom stereocenters. The minimum atomic E-state index is -0.145. The number of nitrogen functional groups attached to an aromatic ring is 1. The van der Waals surface area contributed by atoms with Gasteiger partial charge >= 0.3 is 0 Å². The van der Waals surface area contributed by atoms with E-state index in [0.717, 1.165) is 30.0 Å². The lowest BCUT2D eigenvalue weighted by atomic mass is 10.0. The van der Waals surface area contributed by atoms with Gasteiger partial charge in [0.2, 0.25) is 0 Å². The smallest absolute Gasteiger partial charge is 0.115 e. The lowest BCUT2D eigenvalue weighted by Crippen LogP contribution is -2.30. The van der Waals surface area contributed by atoms with Crippen LogP contribution in [0.4, 0.5) is 5.69 Å². The predicted octanol–water partition coefficient (Wildman–Crippen LogP) is 1.08. The molecule has 0 fully saturated rings. The fourth-order valence-electron chi connectivity index (χ4n) is 1.74. The quantitative estimate of drug-likeness (QED) is 0.392. The van der Waals surface area contributed by atoms with Crippen molar-refractivity contribution >= 4 is 5.69 Å². The summed E-state index contributed by atoms with van der Waals surface area (Å²) in [6, 6.07) is 7.49. The molecule has 0 saturated heterocycles. The van der Waals surface area contributed by atoms with Crippen LogP contribution < -0.4 is 17.0 Å². The summed E-state index contributed by atoms with van der Waals surface area (Å²) in [5.41, 5.74) is 10.3. The number of hydrazine groups is 1. The number of nitrogens with two attached hydrogens (primary N) is 2. The summed E-state index contributed by atoms with van der Waals surface area (Å²) in [7, 11) is 0. The molecule has 1 aromatic rings. The second-order valence-electron chi connectivity index (χ2n) is 3.47. The highest BCUT2D eigenvalue weighted by molar-refractivity contribution is 5.50. The van der Waals surface area contributed by atoms with Crippen LogP contribution in [0.1, 0.15) is 18.0 Å². The highest BCUT2D eigenvalue weighted by Gasteiger charge is 2.20. The van der Waals surface area contributed by atoms with Crippen LogP contribution >= 0.6 is 0 Å². The van der Waals surface area contributed by atoms with Crippen LogP contribution in [-0.4, -0.2) is 6.61 Å². The SMILES string of the molecule is NNC(C1=CCCO1)c1ccccc1N. The Morgan fingerprint density at radius 3 is 2.73 bits per heavy atom. The number of hydrogen-bond acceptors (Lipinski definition) is 4. The molecule has 1 aliphatic heterocycles. The molecule has 4 nitrogen and oxygen atoms in total. The second kappa shape index (κ2) is 4.33. The Balaban J connectivity index is 2.30. The zero-order valence-electron chi connectivity index (χ0n) is 8.44. The van der Waals surface area contributed by atoms with Gasteiger partial charge in [0, 0.05) is 17.7 Å². The first kappa shape index (κ1) is 10.0. The zero-order valence-corrected chi connectivity index (χ0v) is 8.44. The molecule has 1 heterocycles. The van der Waals surface area contributed by atoms with Gasteiger partial charge in [-0.2, -0.15) is 0 Å². The fraction of sp³-hybridized carbons (Fsp3) is 0.273. The molecule has 0 aliphatic carbocycles. The van der Waals surface area contributed by atoms with Crippen LogP contribution in [0.15, 0.2) is 36.1 Å². The van der Waals surface area contributed by atoms with E-state index in [9.17, 15) is 0 Å². The molecule has 15 heavy (non-hydrogen) atoms. The average molecular weight is 205 g/mol. The third-order valence-corrected chi connectivity index (χ3v) is 2.49. The minimum absolute atomic E-state index is 0.145. The Labute approximate surface area is 88.9 Å². The maximum absolute atomic E-state index is 5.89. The van der Waals surface area contributed by atoms with Gasteiger partial charge in [-0.05, 0) is 12.1 Å². The standard InChI is InChI=1S/C11H15N3O/c12-9-5-2-1-4-8(9)11(14-13)10-6-3-7-15-10/h1-2,4-6,11,14H,3,7,12-13H2. The Hall–Kier alpha value is -1.52. The molecule has 0 radical (unpaired) electrons. The predicted molar refractivity (Wildman–Crippen MR) is 59.6 cm³/mol. The number of hydrogen-bond donors (Lipinski definition) is 3. The van der Waals surface area contributed by atoms with Crippen molar-refractivity contribution in [3.63, 3.8) is 0 Å². The number of benzene rings is 1. The fourth-order valence-corrected chi connectivity index (χ4v) is 1.74. The number of anilines is 1. The summed E-state index contributed by atoms with van der Waals surface area (Å²) in [6.45, 7) is 0.722. The zero-order chi connectivity index (χ0) is 10.7. The van der Waals surface area contributed by atoms with Crippen LogP contribution in [-0.2, 0) is 4.74 Å². The Bertz CT molecular complexity index is 376. The molecular formula is C11H15N3O. The maximum atomic E-state index is 5.89. The molecular weight excluding hydrogens is 190 g/mol. The molecule has 1 unspecified atom stereocenters. The van der Waals surface area contributed by atoms with E-state index in [0.29, 0.717) is 0 Å². The highest BCUT2D eigenvalue weighted by Crippen LogP contribution is 2.28. The van der Waals surface area contributed by atoms with Crippen LogP contribution in [0, 0.1) is 0 Å². The Morgan fingerprint density at radius 1 is 1.33 bits per heavy atom. The third kappa shape index (κ3) is 1.95. The van der Waals surface area contributed by atoms with E-state index in [4.69, 9.17) is 16.3 Å². The van der Waals surface area contributed by atoms with Crippen molar-refractivity contribution in [1.82, 2.24) is 5.43 Å². The number of para-hydroxylation sites is 1. The van der Waals surface area contributed by atoms with E-state index < -0.39 is 0 Å². The van der Waals surface area contributed by atoms with Crippen molar-refractivity contribution in [2.24, 2.45) is 5.84 Å². The van der Waals surface area contributed by atoms with Crippen LogP contribution in [0.5, 0.6) is 0 Å². The molecule has 0 saturated carbocycles. The van der Waals surface area contributed by atoms with Crippen molar-refractivity contribution < 1.29 is 4.74 Å². The van der Waals surface area contributed by atoms with E-state index in [-0.39, 0.29) is 6.04 Å². The summed E-state index contributed by atoms with van der Waals surface area (Å²) < 4.78 is 5.48. The van der Waals surface area contributed by atoms with Crippen LogP contribution in [0.3, 0.4) is 0 Å². The molecule has 0 aromatic heterocycles. The molecule has 4 heteroatoms. The first-order valence-corrected chi connectivity index (χ1v) is 4.96. The van der Waals surface area contributed by atoms with Gasteiger partial charge in [-0.15, -0.1) is 0 Å². The molecule has 1 aliphatic rings. The number of rotatable bonds is 3. The van der Waals surface area contributed by atoms with E-state index in [1.807, 2.05) is 30.3 Å². The van der Waals surface area contributed by atoms with Gasteiger partial charge in [-0.3, -0.25) is 5.84 Å². The lowest BCUT2D eigenvalue weighted by molar-refractivity contribution is 0.216. The second-order valence-corrected chi connectivity index (χ2v) is 3.47. The van der Waals surface area contributed by atoms with Crippen molar-refractivity contribution in [2.75, 3.05) is 12.3 Å². The first-order chi connectivity index (χ1) is 7.33. The van der Waals surface area contributed by atoms with Crippen LogP contribution in [0.2, 0.25) is 0 Å². The van der Waals surface area contributed by atoms with Gasteiger partial charge in [0.15, 0.2) is 0 Å². The number of nitrogens with one attached hydrogen (secondary N) is 1. The average Bonchev–Trinajstić information content (AvgIpc) is 2.75. The monoisotopic (exact) mass is 205 g/mol. The maximum Gasteiger partial charge on any atom is 0.115 e. The summed E-state index contributed by atoms with van der Waals surface area (Å²) in [4.78, 5) is 0. The van der Waals surface area contributed by atoms with Crippen molar-refractivity contribution in [3.05, 3.63) is 41.7 Å². The molecule has 5 N–H and O–H groups in total. The normalized spacial score (nSPS) is 17.0. The van der Waals surface area contributed by atoms with Crippen molar-refractivity contribution in [2.45, 2.75) is 12.5 Å². The molecule has 1 aromatic carbocycles. The van der Waals surface area contributed by atoms with Gasteiger partial charge in [-0.1, -0.05) is 18.2 Å². The molecule has 0 spiro atoms. The number of ether oxygens (including phenoxy) is 1. The molecule has 0 bridgehead atoms. The van der Waals surface area contributed by atoms with E-state index in [1.54, 1.807) is 0 Å². The van der Waals surface area contributed by atoms with E-state index in [2.05, 4.69) is 5.43 Å². The first-order valence-electron chi connectivity index (χ1n) is 4.96. The topological polar surface area (TPSA) is 73.3 Å². The van der Waals surface area contributed by atoms with E-state index >= 15 is 0 Å².